The van der Waals surface area contributed by atoms with Crippen LogP contribution in [0.1, 0.15) is 19.8 Å². The second-order valence-corrected chi connectivity index (χ2v) is 3.69. The van der Waals surface area contributed by atoms with Crippen molar-refractivity contribution in [2.24, 2.45) is 0 Å². The number of carbonyl (C=O) groups excluding carboxylic acids is 3. The summed E-state index contributed by atoms with van der Waals surface area (Å²) in [6.45, 7) is 1.14. The maximum atomic E-state index is 11.6. The maximum absolute atomic E-state index is 11.6. The number of aliphatic carboxylic acids is 1. The van der Waals surface area contributed by atoms with E-state index in [-0.39, 0.29) is 17.6 Å². The first kappa shape index (κ1) is 13.9. The van der Waals surface area contributed by atoms with Crippen molar-refractivity contribution in [1.29, 1.82) is 0 Å². The fraction of sp³-hybridized carbons (Fsp3) is 0.455. The second-order valence-electron chi connectivity index (χ2n) is 3.69. The zero-order valence-electron chi connectivity index (χ0n) is 9.89. The maximum Gasteiger partial charge on any atom is 0.341 e. The summed E-state index contributed by atoms with van der Waals surface area (Å²) in [5, 5.41) is 8.75. The molecule has 0 heterocycles. The van der Waals surface area contributed by atoms with Crippen LogP contribution in [0.25, 0.3) is 0 Å². The number of carboxylic acids is 1. The molecule has 1 aliphatic carbocycles. The average Bonchev–Trinajstić information content (AvgIpc) is 2.52. The predicted molar refractivity (Wildman–Crippen MR) is 56.5 cm³/mol. The summed E-state index contributed by atoms with van der Waals surface area (Å²) in [5.41, 5.74) is -0.347. The Kier molecular flexibility index (Phi) is 4.19. The molecule has 0 saturated heterocycles. The summed E-state index contributed by atoms with van der Waals surface area (Å²) in [6.07, 6.45) is -1.78. The third kappa shape index (κ3) is 2.93. The van der Waals surface area contributed by atoms with Gasteiger partial charge in [-0.2, -0.15) is 0 Å². The molecule has 0 fully saturated rings. The van der Waals surface area contributed by atoms with Crippen molar-refractivity contribution in [1.82, 2.24) is 0 Å². The van der Waals surface area contributed by atoms with Gasteiger partial charge in [-0.3, -0.25) is 14.4 Å². The minimum absolute atomic E-state index is 0.0189. The summed E-state index contributed by atoms with van der Waals surface area (Å²) in [5.74, 6) is -3.37. The Morgan fingerprint density at radius 2 is 2.00 bits per heavy atom. The Morgan fingerprint density at radius 3 is 2.44 bits per heavy atom. The first-order valence-electron chi connectivity index (χ1n) is 5.10. The van der Waals surface area contributed by atoms with Crippen LogP contribution in [-0.2, 0) is 28.7 Å². The van der Waals surface area contributed by atoms with Crippen LogP contribution in [-0.4, -0.2) is 42.0 Å². The van der Waals surface area contributed by atoms with Crippen molar-refractivity contribution in [2.75, 3.05) is 7.11 Å². The highest BCUT2D eigenvalue weighted by Crippen LogP contribution is 2.29. The van der Waals surface area contributed by atoms with E-state index in [1.54, 1.807) is 0 Å². The first-order valence-corrected chi connectivity index (χ1v) is 5.10. The molecular formula is C11H12O7. The van der Waals surface area contributed by atoms with Gasteiger partial charge < -0.3 is 14.6 Å². The van der Waals surface area contributed by atoms with Crippen LogP contribution in [0.5, 0.6) is 0 Å². The Hall–Kier alpha value is -2.18. The van der Waals surface area contributed by atoms with Gasteiger partial charge in [-0.25, -0.2) is 4.79 Å². The van der Waals surface area contributed by atoms with Crippen LogP contribution >= 0.6 is 0 Å². The highest BCUT2D eigenvalue weighted by atomic mass is 16.5. The topological polar surface area (TPSA) is 107 Å². The van der Waals surface area contributed by atoms with E-state index < -0.39 is 36.2 Å². The molecule has 0 bridgehead atoms. The summed E-state index contributed by atoms with van der Waals surface area (Å²) >= 11 is 0. The quantitative estimate of drug-likeness (QED) is 0.549. The SMILES string of the molecule is COC(=O)C1=C(CC(=O)O)C(OC(C)=O)CC1=O. The van der Waals surface area contributed by atoms with Gasteiger partial charge in [0.05, 0.1) is 20.0 Å². The Morgan fingerprint density at radius 1 is 1.39 bits per heavy atom. The van der Waals surface area contributed by atoms with Gasteiger partial charge in [0.25, 0.3) is 0 Å². The minimum Gasteiger partial charge on any atom is -0.481 e. The molecule has 0 aliphatic heterocycles. The van der Waals surface area contributed by atoms with Gasteiger partial charge in [-0.1, -0.05) is 0 Å². The van der Waals surface area contributed by atoms with Crippen molar-refractivity contribution in [3.8, 4) is 0 Å². The smallest absolute Gasteiger partial charge is 0.341 e. The number of ketones is 1. The first-order chi connectivity index (χ1) is 8.36. The van der Waals surface area contributed by atoms with E-state index in [0.29, 0.717) is 0 Å². The number of hydrogen-bond donors (Lipinski definition) is 1. The molecule has 18 heavy (non-hydrogen) atoms. The van der Waals surface area contributed by atoms with E-state index in [0.717, 1.165) is 14.0 Å². The van der Waals surface area contributed by atoms with E-state index in [4.69, 9.17) is 9.84 Å². The van der Waals surface area contributed by atoms with Gasteiger partial charge in [-0.15, -0.1) is 0 Å². The van der Waals surface area contributed by atoms with Crippen LogP contribution in [0.2, 0.25) is 0 Å². The molecular weight excluding hydrogens is 244 g/mol. The molecule has 7 nitrogen and oxygen atoms in total. The number of carbonyl (C=O) groups is 4. The van der Waals surface area contributed by atoms with E-state index in [2.05, 4.69) is 4.74 Å². The monoisotopic (exact) mass is 256 g/mol. The Balaban J connectivity index is 3.14. The zero-order chi connectivity index (χ0) is 13.9. The summed E-state index contributed by atoms with van der Waals surface area (Å²) in [6, 6.07) is 0. The van der Waals surface area contributed by atoms with Crippen molar-refractivity contribution in [3.63, 3.8) is 0 Å². The number of rotatable bonds is 4. The third-order valence-electron chi connectivity index (χ3n) is 2.40. The summed E-state index contributed by atoms with van der Waals surface area (Å²) < 4.78 is 9.25. The Labute approximate surface area is 102 Å². The van der Waals surface area contributed by atoms with Crippen molar-refractivity contribution >= 4 is 23.7 Å². The average molecular weight is 256 g/mol. The number of carboxylic acid groups (broad SMARTS) is 1. The molecule has 98 valence electrons. The Bertz CT molecular complexity index is 446. The van der Waals surface area contributed by atoms with Crippen molar-refractivity contribution in [2.45, 2.75) is 25.9 Å². The second kappa shape index (κ2) is 5.44. The van der Waals surface area contributed by atoms with Crippen LogP contribution in [0, 0.1) is 0 Å². The number of hydrogen-bond acceptors (Lipinski definition) is 6. The lowest BCUT2D eigenvalue weighted by Gasteiger charge is -2.12. The lowest BCUT2D eigenvalue weighted by Crippen LogP contribution is -2.18. The van der Waals surface area contributed by atoms with Gasteiger partial charge in [0.15, 0.2) is 5.78 Å². The molecule has 0 aromatic carbocycles. The predicted octanol–water partition coefficient (Wildman–Crippen LogP) is -0.165. The largest absolute Gasteiger partial charge is 0.481 e. The highest BCUT2D eigenvalue weighted by molar-refractivity contribution is 6.20. The van der Waals surface area contributed by atoms with Crippen LogP contribution in [0.15, 0.2) is 11.1 Å². The molecule has 0 spiro atoms. The van der Waals surface area contributed by atoms with Crippen LogP contribution in [0.3, 0.4) is 0 Å². The molecule has 0 aromatic rings. The highest BCUT2D eigenvalue weighted by Gasteiger charge is 2.39. The summed E-state index contributed by atoms with van der Waals surface area (Å²) in [7, 11) is 1.08. The lowest BCUT2D eigenvalue weighted by molar-refractivity contribution is -0.146. The van der Waals surface area contributed by atoms with Crippen molar-refractivity contribution in [3.05, 3.63) is 11.1 Å². The van der Waals surface area contributed by atoms with Gasteiger partial charge in [0.2, 0.25) is 0 Å². The van der Waals surface area contributed by atoms with Gasteiger partial charge >= 0.3 is 17.9 Å². The molecule has 0 amide bonds. The molecule has 1 aliphatic rings. The van der Waals surface area contributed by atoms with Crippen LogP contribution < -0.4 is 0 Å². The van der Waals surface area contributed by atoms with E-state index in [1.165, 1.54) is 0 Å². The molecule has 7 heteroatoms. The van der Waals surface area contributed by atoms with Gasteiger partial charge in [-0.05, 0) is 5.57 Å². The van der Waals surface area contributed by atoms with Gasteiger partial charge in [0.1, 0.15) is 11.7 Å². The standard InChI is InChI=1S/C11H12O7/c1-5(12)18-8-4-7(13)10(11(16)17-2)6(8)3-9(14)15/h8H,3-4H2,1-2H3,(H,14,15). The molecule has 1 atom stereocenters. The molecule has 0 aromatic heterocycles. The van der Waals surface area contributed by atoms with E-state index in [1.807, 2.05) is 0 Å². The number of Topliss-reactive ketones (excluding diaryl/α,β-unsaturated/α-hetero) is 1. The molecule has 0 radical (unpaired) electrons. The molecule has 1 N–H and O–H groups in total. The fourth-order valence-corrected chi connectivity index (χ4v) is 1.76. The fourth-order valence-electron chi connectivity index (χ4n) is 1.76. The normalized spacial score (nSPS) is 18.8. The number of esters is 2. The minimum atomic E-state index is -1.22. The molecule has 0 saturated carbocycles. The summed E-state index contributed by atoms with van der Waals surface area (Å²) in [4.78, 5) is 44.6. The van der Waals surface area contributed by atoms with Crippen LogP contribution in [0.4, 0.5) is 0 Å². The van der Waals surface area contributed by atoms with E-state index >= 15 is 0 Å². The molecule has 1 unspecified atom stereocenters. The lowest BCUT2D eigenvalue weighted by atomic mass is 10.1. The molecule has 1 rings (SSSR count). The number of ether oxygens (including phenoxy) is 2. The van der Waals surface area contributed by atoms with E-state index in [9.17, 15) is 19.2 Å². The van der Waals surface area contributed by atoms with Crippen molar-refractivity contribution < 1.29 is 33.8 Å². The third-order valence-corrected chi connectivity index (χ3v) is 2.40. The number of methoxy groups -OCH3 is 1. The zero-order valence-corrected chi connectivity index (χ0v) is 9.89. The van der Waals surface area contributed by atoms with Gasteiger partial charge in [0, 0.05) is 6.92 Å².